The molecule has 0 bridgehead atoms. The Labute approximate surface area is 181 Å². The molecule has 0 saturated carbocycles. The van der Waals surface area contributed by atoms with Crippen LogP contribution in [0, 0.1) is 6.92 Å². The number of thioether (sulfide) groups is 1. The molecule has 0 saturated heterocycles. The fourth-order valence-electron chi connectivity index (χ4n) is 2.21. The van der Waals surface area contributed by atoms with Crippen LogP contribution < -0.4 is 15.4 Å². The van der Waals surface area contributed by atoms with Gasteiger partial charge < -0.3 is 15.4 Å². The van der Waals surface area contributed by atoms with Crippen molar-refractivity contribution in [2.45, 2.75) is 31.2 Å². The average Bonchev–Trinajstić information content (AvgIpc) is 3.13. The van der Waals surface area contributed by atoms with Crippen LogP contribution in [0.2, 0.25) is 0 Å². The quantitative estimate of drug-likeness (QED) is 0.175. The summed E-state index contributed by atoms with van der Waals surface area (Å²) in [5, 5.41) is 8.68. The standard InChI is InChI=1S/C18H26N4OS2.HI/c1-4-19-17(20-8-5-10-24-18-21-9-11-25-18)22-13-15-7-6-14(2)12-16(15)23-3;/h6-7,9,11-12H,4-5,8,10,13H2,1-3H3,(H2,19,20,22);1H. The molecule has 0 spiro atoms. The minimum Gasteiger partial charge on any atom is -0.496 e. The number of aryl methyl sites for hydroxylation is 1. The van der Waals surface area contributed by atoms with E-state index in [4.69, 9.17) is 4.74 Å². The smallest absolute Gasteiger partial charge is 0.191 e. The van der Waals surface area contributed by atoms with E-state index in [9.17, 15) is 0 Å². The molecule has 0 fully saturated rings. The summed E-state index contributed by atoms with van der Waals surface area (Å²) in [6.45, 7) is 6.44. The van der Waals surface area contributed by atoms with Gasteiger partial charge in [-0.15, -0.1) is 35.3 Å². The van der Waals surface area contributed by atoms with Crippen LogP contribution in [-0.2, 0) is 6.54 Å². The normalized spacial score (nSPS) is 11.0. The first-order chi connectivity index (χ1) is 12.2. The molecule has 0 aliphatic carbocycles. The van der Waals surface area contributed by atoms with Crippen molar-refractivity contribution in [1.29, 1.82) is 0 Å². The summed E-state index contributed by atoms with van der Waals surface area (Å²) in [7, 11) is 1.70. The summed E-state index contributed by atoms with van der Waals surface area (Å²) in [5.41, 5.74) is 2.27. The number of nitrogens with one attached hydrogen (secondary N) is 2. The van der Waals surface area contributed by atoms with Gasteiger partial charge in [-0.05, 0) is 31.9 Å². The topological polar surface area (TPSA) is 58.5 Å². The van der Waals surface area contributed by atoms with Crippen molar-refractivity contribution in [3.8, 4) is 5.75 Å². The van der Waals surface area contributed by atoms with Crippen molar-refractivity contribution in [3.05, 3.63) is 40.9 Å². The maximum Gasteiger partial charge on any atom is 0.191 e. The Kier molecular flexibility index (Phi) is 11.7. The molecule has 0 amide bonds. The van der Waals surface area contributed by atoms with E-state index >= 15 is 0 Å². The van der Waals surface area contributed by atoms with E-state index in [1.807, 2.05) is 17.6 Å². The molecule has 8 heteroatoms. The first-order valence-electron chi connectivity index (χ1n) is 8.41. The highest BCUT2D eigenvalue weighted by atomic mass is 127. The van der Waals surface area contributed by atoms with Gasteiger partial charge in [-0.3, -0.25) is 0 Å². The lowest BCUT2D eigenvalue weighted by atomic mass is 10.1. The zero-order valence-electron chi connectivity index (χ0n) is 15.4. The summed E-state index contributed by atoms with van der Waals surface area (Å²) in [6, 6.07) is 6.20. The number of aromatic nitrogens is 1. The van der Waals surface area contributed by atoms with E-state index < -0.39 is 0 Å². The van der Waals surface area contributed by atoms with Crippen molar-refractivity contribution in [1.82, 2.24) is 15.6 Å². The van der Waals surface area contributed by atoms with Gasteiger partial charge in [0.2, 0.25) is 0 Å². The minimum absolute atomic E-state index is 0. The minimum atomic E-state index is 0. The number of hydrogen-bond donors (Lipinski definition) is 2. The van der Waals surface area contributed by atoms with E-state index in [1.165, 1.54) is 5.56 Å². The number of benzene rings is 1. The summed E-state index contributed by atoms with van der Waals surface area (Å²) in [6.07, 6.45) is 2.91. The van der Waals surface area contributed by atoms with Gasteiger partial charge in [0.15, 0.2) is 5.96 Å². The second kappa shape index (κ2) is 13.2. The molecule has 26 heavy (non-hydrogen) atoms. The Balaban J connectivity index is 0.00000338. The third kappa shape index (κ3) is 8.13. The predicted octanol–water partition coefficient (Wildman–Crippen LogP) is 4.32. The summed E-state index contributed by atoms with van der Waals surface area (Å²) in [4.78, 5) is 8.94. The van der Waals surface area contributed by atoms with Crippen LogP contribution in [-0.4, -0.2) is 36.9 Å². The molecule has 0 aliphatic rings. The summed E-state index contributed by atoms with van der Waals surface area (Å²) in [5.74, 6) is 2.77. The molecule has 1 aromatic carbocycles. The molecule has 2 rings (SSSR count). The number of nitrogens with zero attached hydrogens (tertiary/aromatic N) is 2. The van der Waals surface area contributed by atoms with Gasteiger partial charge in [-0.2, -0.15) is 0 Å². The van der Waals surface area contributed by atoms with E-state index in [2.05, 4.69) is 46.6 Å². The highest BCUT2D eigenvalue weighted by Crippen LogP contribution is 2.21. The first kappa shape index (κ1) is 23.0. The number of rotatable bonds is 9. The monoisotopic (exact) mass is 506 g/mol. The highest BCUT2D eigenvalue weighted by Gasteiger charge is 2.04. The van der Waals surface area contributed by atoms with Crippen LogP contribution in [0.1, 0.15) is 24.5 Å². The lowest BCUT2D eigenvalue weighted by molar-refractivity contribution is 0.409. The Morgan fingerprint density at radius 3 is 2.88 bits per heavy atom. The predicted molar refractivity (Wildman–Crippen MR) is 123 cm³/mol. The van der Waals surface area contributed by atoms with Crippen LogP contribution in [0.3, 0.4) is 0 Å². The molecule has 0 atom stereocenters. The molecule has 2 aromatic rings. The van der Waals surface area contributed by atoms with Gasteiger partial charge in [0.05, 0.1) is 13.7 Å². The Bertz CT molecular complexity index is 665. The van der Waals surface area contributed by atoms with Crippen molar-refractivity contribution >= 4 is 53.0 Å². The van der Waals surface area contributed by atoms with Crippen LogP contribution in [0.15, 0.2) is 39.1 Å². The molecule has 0 unspecified atom stereocenters. The third-order valence-corrected chi connectivity index (χ3v) is 5.50. The number of aliphatic imine (C=N–C) groups is 1. The molecule has 5 nitrogen and oxygen atoms in total. The van der Waals surface area contributed by atoms with E-state index in [0.717, 1.165) is 46.9 Å². The maximum atomic E-state index is 5.45. The van der Waals surface area contributed by atoms with Gasteiger partial charge in [0.25, 0.3) is 0 Å². The lowest BCUT2D eigenvalue weighted by Gasteiger charge is -2.12. The Morgan fingerprint density at radius 2 is 2.19 bits per heavy atom. The van der Waals surface area contributed by atoms with Gasteiger partial charge in [0, 0.05) is 36.0 Å². The Hall–Kier alpha value is -1.000. The average molecular weight is 506 g/mol. The zero-order chi connectivity index (χ0) is 17.9. The number of methoxy groups -OCH3 is 1. The van der Waals surface area contributed by atoms with Gasteiger partial charge >= 0.3 is 0 Å². The fourth-order valence-corrected chi connectivity index (χ4v) is 3.86. The number of thiazole rings is 1. The molecule has 1 aromatic heterocycles. The van der Waals surface area contributed by atoms with Crippen LogP contribution in [0.25, 0.3) is 0 Å². The number of hydrogen-bond acceptors (Lipinski definition) is 5. The summed E-state index contributed by atoms with van der Waals surface area (Å²) >= 11 is 3.49. The molecule has 1 heterocycles. The van der Waals surface area contributed by atoms with Crippen LogP contribution >= 0.6 is 47.1 Å². The van der Waals surface area contributed by atoms with E-state index in [0.29, 0.717) is 6.54 Å². The molecular weight excluding hydrogens is 479 g/mol. The number of ether oxygens (including phenoxy) is 1. The zero-order valence-corrected chi connectivity index (χ0v) is 19.4. The van der Waals surface area contributed by atoms with E-state index in [1.54, 1.807) is 30.2 Å². The Morgan fingerprint density at radius 1 is 1.35 bits per heavy atom. The van der Waals surface area contributed by atoms with Gasteiger partial charge in [0.1, 0.15) is 10.1 Å². The van der Waals surface area contributed by atoms with Crippen molar-refractivity contribution in [2.75, 3.05) is 26.0 Å². The number of guanidine groups is 1. The van der Waals surface area contributed by atoms with Crippen molar-refractivity contribution in [3.63, 3.8) is 0 Å². The SMILES string of the molecule is CCNC(=NCc1ccc(C)cc1OC)NCCCSc1nccs1.I. The van der Waals surface area contributed by atoms with Gasteiger partial charge in [-0.1, -0.05) is 23.9 Å². The summed E-state index contributed by atoms with van der Waals surface area (Å²) < 4.78 is 6.58. The maximum absolute atomic E-state index is 5.45. The van der Waals surface area contributed by atoms with E-state index in [-0.39, 0.29) is 24.0 Å². The molecule has 0 aliphatic heterocycles. The lowest BCUT2D eigenvalue weighted by Crippen LogP contribution is -2.37. The second-order valence-corrected chi connectivity index (χ2v) is 7.67. The van der Waals surface area contributed by atoms with Crippen molar-refractivity contribution in [2.24, 2.45) is 4.99 Å². The fraction of sp³-hybridized carbons (Fsp3) is 0.444. The molecule has 144 valence electrons. The number of halogens is 1. The first-order valence-corrected chi connectivity index (χ1v) is 10.3. The molecule has 2 N–H and O–H groups in total. The third-order valence-electron chi connectivity index (χ3n) is 3.44. The molecular formula is C18H27IN4OS2. The van der Waals surface area contributed by atoms with Crippen LogP contribution in [0.5, 0.6) is 5.75 Å². The van der Waals surface area contributed by atoms with Crippen LogP contribution in [0.4, 0.5) is 0 Å². The second-order valence-electron chi connectivity index (χ2n) is 5.44. The molecule has 0 radical (unpaired) electrons. The van der Waals surface area contributed by atoms with Crippen molar-refractivity contribution < 1.29 is 4.74 Å². The highest BCUT2D eigenvalue weighted by molar-refractivity contribution is 14.0. The van der Waals surface area contributed by atoms with Gasteiger partial charge in [-0.25, -0.2) is 9.98 Å². The largest absolute Gasteiger partial charge is 0.496 e.